The third-order valence-electron chi connectivity index (χ3n) is 6.34. The van der Waals surface area contributed by atoms with E-state index in [0.717, 1.165) is 6.08 Å². The van der Waals surface area contributed by atoms with E-state index in [9.17, 15) is 19.2 Å². The van der Waals surface area contributed by atoms with Crippen molar-refractivity contribution in [2.75, 3.05) is 7.11 Å². The van der Waals surface area contributed by atoms with E-state index in [1.807, 2.05) is 12.1 Å². The number of ether oxygens (including phenoxy) is 4. The molecule has 9 nitrogen and oxygen atoms in total. The first-order valence-electron chi connectivity index (χ1n) is 13.8. The SMILES string of the molecule is COC(=O)/C=C/CC(C(=O)OCc1ccccc1)(C(=O)OCc1ccccc1)[C@H](NC(=O)OC(C)(C)C)c1ccccc1. The average Bonchev–Trinajstić information content (AvgIpc) is 3.00. The first kappa shape index (κ1) is 32.6. The number of allylic oxidation sites excluding steroid dienone is 1. The van der Waals surface area contributed by atoms with Crippen LogP contribution in [0.15, 0.2) is 103 Å². The molecular formula is C34H37NO8. The maximum Gasteiger partial charge on any atom is 0.408 e. The maximum atomic E-state index is 14.3. The van der Waals surface area contributed by atoms with Crippen LogP contribution in [-0.2, 0) is 46.5 Å². The highest BCUT2D eigenvalue weighted by molar-refractivity contribution is 6.02. The summed E-state index contributed by atoms with van der Waals surface area (Å²) in [6, 6.07) is 25.1. The number of carbonyl (C=O) groups excluding carboxylic acids is 4. The molecule has 0 saturated heterocycles. The lowest BCUT2D eigenvalue weighted by Gasteiger charge is -2.37. The highest BCUT2D eigenvalue weighted by Gasteiger charge is 2.56. The van der Waals surface area contributed by atoms with Crippen molar-refractivity contribution >= 4 is 24.0 Å². The fraction of sp³-hybridized carbons (Fsp3) is 0.294. The molecule has 43 heavy (non-hydrogen) atoms. The van der Waals surface area contributed by atoms with Crippen LogP contribution in [0.4, 0.5) is 4.79 Å². The van der Waals surface area contributed by atoms with E-state index < -0.39 is 41.1 Å². The monoisotopic (exact) mass is 587 g/mol. The summed E-state index contributed by atoms with van der Waals surface area (Å²) in [5.74, 6) is -2.62. The minimum absolute atomic E-state index is 0.151. The second-order valence-corrected chi connectivity index (χ2v) is 10.7. The number of esters is 3. The number of carbonyl (C=O) groups is 4. The number of methoxy groups -OCH3 is 1. The molecule has 3 aromatic carbocycles. The molecule has 1 N–H and O–H groups in total. The van der Waals surface area contributed by atoms with Crippen molar-refractivity contribution < 1.29 is 38.1 Å². The van der Waals surface area contributed by atoms with E-state index in [0.29, 0.717) is 16.7 Å². The second kappa shape index (κ2) is 15.3. The van der Waals surface area contributed by atoms with E-state index in [4.69, 9.17) is 18.9 Å². The van der Waals surface area contributed by atoms with Crippen LogP contribution in [0.1, 0.15) is 49.9 Å². The molecule has 0 spiro atoms. The third-order valence-corrected chi connectivity index (χ3v) is 6.34. The number of hydrogen-bond acceptors (Lipinski definition) is 8. The quantitative estimate of drug-likeness (QED) is 0.121. The Labute approximate surface area is 251 Å². The van der Waals surface area contributed by atoms with Gasteiger partial charge in [0.05, 0.1) is 13.2 Å². The lowest BCUT2D eigenvalue weighted by atomic mass is 9.73. The van der Waals surface area contributed by atoms with Crippen LogP contribution in [0.3, 0.4) is 0 Å². The van der Waals surface area contributed by atoms with E-state index in [1.54, 1.807) is 99.6 Å². The van der Waals surface area contributed by atoms with Crippen molar-refractivity contribution in [3.05, 3.63) is 120 Å². The molecule has 226 valence electrons. The minimum atomic E-state index is -2.19. The normalized spacial score (nSPS) is 12.2. The van der Waals surface area contributed by atoms with Crippen molar-refractivity contribution in [1.82, 2.24) is 5.32 Å². The Morgan fingerprint density at radius 1 is 0.744 bits per heavy atom. The van der Waals surface area contributed by atoms with Gasteiger partial charge in [-0.05, 0) is 43.9 Å². The van der Waals surface area contributed by atoms with Crippen LogP contribution >= 0.6 is 0 Å². The molecule has 0 radical (unpaired) electrons. The lowest BCUT2D eigenvalue weighted by molar-refractivity contribution is -0.177. The van der Waals surface area contributed by atoms with Crippen molar-refractivity contribution in [1.29, 1.82) is 0 Å². The number of hydrogen-bond donors (Lipinski definition) is 1. The van der Waals surface area contributed by atoms with Crippen molar-refractivity contribution in [3.8, 4) is 0 Å². The van der Waals surface area contributed by atoms with Gasteiger partial charge in [-0.25, -0.2) is 9.59 Å². The number of benzene rings is 3. The van der Waals surface area contributed by atoms with Gasteiger partial charge in [0.25, 0.3) is 0 Å². The van der Waals surface area contributed by atoms with Crippen molar-refractivity contribution in [3.63, 3.8) is 0 Å². The molecule has 0 fully saturated rings. The largest absolute Gasteiger partial charge is 0.466 e. The van der Waals surface area contributed by atoms with Gasteiger partial charge in [-0.1, -0.05) is 97.1 Å². The molecule has 0 saturated carbocycles. The molecule has 0 aromatic heterocycles. The highest BCUT2D eigenvalue weighted by Crippen LogP contribution is 2.41. The van der Waals surface area contributed by atoms with E-state index in [2.05, 4.69) is 5.32 Å². The van der Waals surface area contributed by atoms with Gasteiger partial charge < -0.3 is 24.3 Å². The summed E-state index contributed by atoms with van der Waals surface area (Å²) in [5.41, 5.74) is -1.28. The zero-order chi connectivity index (χ0) is 31.3. The predicted molar refractivity (Wildman–Crippen MR) is 159 cm³/mol. The predicted octanol–water partition coefficient (Wildman–Crippen LogP) is 5.84. The van der Waals surface area contributed by atoms with Gasteiger partial charge in [0.1, 0.15) is 18.8 Å². The second-order valence-electron chi connectivity index (χ2n) is 10.7. The van der Waals surface area contributed by atoms with Gasteiger partial charge in [0.2, 0.25) is 0 Å². The van der Waals surface area contributed by atoms with E-state index in [1.165, 1.54) is 13.2 Å². The lowest BCUT2D eigenvalue weighted by Crippen LogP contribution is -2.53. The van der Waals surface area contributed by atoms with Crippen LogP contribution < -0.4 is 5.32 Å². The van der Waals surface area contributed by atoms with E-state index >= 15 is 0 Å². The summed E-state index contributed by atoms with van der Waals surface area (Å²) in [6.07, 6.45) is 1.18. The van der Waals surface area contributed by atoms with Crippen LogP contribution in [0, 0.1) is 5.41 Å². The summed E-state index contributed by atoms with van der Waals surface area (Å²) in [7, 11) is 1.21. The van der Waals surface area contributed by atoms with Crippen LogP contribution in [-0.4, -0.2) is 36.7 Å². The van der Waals surface area contributed by atoms with Crippen molar-refractivity contribution in [2.24, 2.45) is 5.41 Å². The number of alkyl carbamates (subject to hydrolysis) is 1. The van der Waals surface area contributed by atoms with Gasteiger partial charge in [-0.2, -0.15) is 0 Å². The first-order chi connectivity index (χ1) is 20.5. The Morgan fingerprint density at radius 3 is 1.65 bits per heavy atom. The standard InChI is InChI=1S/C34H37NO8/c1-33(2,3)43-32(39)35-29(27-19-12-7-13-20-27)34(22-14-21-28(36)40-4,30(37)41-23-25-15-8-5-9-16-25)31(38)42-24-26-17-10-6-11-18-26/h5-21,29H,22-24H2,1-4H3,(H,35,39)/b21-14+/t29-/m1/s1. The molecule has 3 aromatic rings. The Morgan fingerprint density at radius 2 is 1.21 bits per heavy atom. The van der Waals surface area contributed by atoms with Crippen LogP contribution in [0.25, 0.3) is 0 Å². The van der Waals surface area contributed by atoms with Gasteiger partial charge >= 0.3 is 24.0 Å². The fourth-order valence-corrected chi connectivity index (χ4v) is 4.28. The number of amides is 1. The smallest absolute Gasteiger partial charge is 0.408 e. The molecule has 1 amide bonds. The van der Waals surface area contributed by atoms with Gasteiger partial charge in [0, 0.05) is 6.08 Å². The summed E-state index contributed by atoms with van der Waals surface area (Å²) < 4.78 is 21.7. The number of nitrogens with one attached hydrogen (secondary N) is 1. The van der Waals surface area contributed by atoms with Gasteiger partial charge in [-0.3, -0.25) is 9.59 Å². The molecule has 9 heteroatoms. The topological polar surface area (TPSA) is 117 Å². The minimum Gasteiger partial charge on any atom is -0.466 e. The maximum absolute atomic E-state index is 14.3. The molecule has 0 unspecified atom stereocenters. The molecule has 3 rings (SSSR count). The molecule has 0 heterocycles. The zero-order valence-corrected chi connectivity index (χ0v) is 24.8. The summed E-state index contributed by atoms with van der Waals surface area (Å²) >= 11 is 0. The molecule has 0 bridgehead atoms. The molecule has 0 aliphatic heterocycles. The summed E-state index contributed by atoms with van der Waals surface area (Å²) in [4.78, 5) is 53.7. The Bertz CT molecular complexity index is 1330. The van der Waals surface area contributed by atoms with E-state index in [-0.39, 0.29) is 19.6 Å². The summed E-state index contributed by atoms with van der Waals surface area (Å²) in [5, 5.41) is 2.73. The van der Waals surface area contributed by atoms with Gasteiger partial charge in [0.15, 0.2) is 5.41 Å². The first-order valence-corrected chi connectivity index (χ1v) is 13.8. The Balaban J connectivity index is 2.15. The Hall–Kier alpha value is -4.92. The summed E-state index contributed by atoms with van der Waals surface area (Å²) in [6.45, 7) is 4.78. The van der Waals surface area contributed by atoms with Crippen LogP contribution in [0.2, 0.25) is 0 Å². The highest BCUT2D eigenvalue weighted by atomic mass is 16.6. The molecule has 1 atom stereocenters. The van der Waals surface area contributed by atoms with Gasteiger partial charge in [-0.15, -0.1) is 0 Å². The zero-order valence-electron chi connectivity index (χ0n) is 24.8. The average molecular weight is 588 g/mol. The Kier molecular flexibility index (Phi) is 11.6. The van der Waals surface area contributed by atoms with Crippen LogP contribution in [0.5, 0.6) is 0 Å². The fourth-order valence-electron chi connectivity index (χ4n) is 4.28. The molecule has 0 aliphatic rings. The molecular weight excluding hydrogens is 550 g/mol. The molecule has 0 aliphatic carbocycles. The number of rotatable bonds is 12. The third kappa shape index (κ3) is 9.56. The van der Waals surface area contributed by atoms with Crippen molar-refractivity contribution in [2.45, 2.75) is 52.0 Å².